The molecule has 0 aliphatic carbocycles. The Hall–Kier alpha value is -2.69. The standard InChI is InChI=1S/C17H19NO4/c1-11-8-15(19)16(20)10-12(11)6-7-18-17(21)13-4-3-5-14(9-13)22-2/h3-5,8-10,19-20H,6-7H2,1-2H3,(H,18,21). The molecule has 1 amide bonds. The fraction of sp³-hybridized carbons (Fsp3) is 0.235. The Morgan fingerprint density at radius 1 is 1.18 bits per heavy atom. The molecular formula is C17H19NO4. The summed E-state index contributed by atoms with van der Waals surface area (Å²) in [6.07, 6.45) is 0.565. The lowest BCUT2D eigenvalue weighted by atomic mass is 10.0. The molecule has 5 nitrogen and oxygen atoms in total. The van der Waals surface area contributed by atoms with Gasteiger partial charge in [0.2, 0.25) is 0 Å². The predicted octanol–water partition coefficient (Wildman–Crippen LogP) is 2.39. The summed E-state index contributed by atoms with van der Waals surface area (Å²) in [4.78, 5) is 12.1. The summed E-state index contributed by atoms with van der Waals surface area (Å²) >= 11 is 0. The van der Waals surface area contributed by atoms with Crippen molar-refractivity contribution in [3.8, 4) is 17.2 Å². The number of nitrogens with one attached hydrogen (secondary N) is 1. The summed E-state index contributed by atoms with van der Waals surface area (Å²) in [5, 5.41) is 21.7. The lowest BCUT2D eigenvalue weighted by molar-refractivity contribution is 0.0953. The largest absolute Gasteiger partial charge is 0.504 e. The minimum absolute atomic E-state index is 0.137. The third-order valence-electron chi connectivity index (χ3n) is 3.44. The van der Waals surface area contributed by atoms with Gasteiger partial charge in [-0.3, -0.25) is 4.79 Å². The number of aryl methyl sites for hydroxylation is 1. The predicted molar refractivity (Wildman–Crippen MR) is 83.5 cm³/mol. The Kier molecular flexibility index (Phi) is 4.88. The summed E-state index contributed by atoms with van der Waals surface area (Å²) in [6.45, 7) is 2.28. The lowest BCUT2D eigenvalue weighted by Gasteiger charge is -2.10. The maximum Gasteiger partial charge on any atom is 0.251 e. The first-order valence-corrected chi connectivity index (χ1v) is 6.95. The number of amides is 1. The van der Waals surface area contributed by atoms with Gasteiger partial charge in [-0.2, -0.15) is 0 Å². The van der Waals surface area contributed by atoms with E-state index in [0.29, 0.717) is 24.3 Å². The molecule has 2 rings (SSSR count). The zero-order chi connectivity index (χ0) is 16.1. The summed E-state index contributed by atoms with van der Waals surface area (Å²) in [7, 11) is 1.55. The van der Waals surface area contributed by atoms with Crippen molar-refractivity contribution in [3.05, 3.63) is 53.1 Å². The zero-order valence-corrected chi connectivity index (χ0v) is 12.6. The van der Waals surface area contributed by atoms with Crippen molar-refractivity contribution in [2.75, 3.05) is 13.7 Å². The van der Waals surface area contributed by atoms with Crippen LogP contribution in [0.5, 0.6) is 17.2 Å². The molecule has 3 N–H and O–H groups in total. The number of ether oxygens (including phenoxy) is 1. The van der Waals surface area contributed by atoms with Crippen LogP contribution in [0.4, 0.5) is 0 Å². The molecule has 0 spiro atoms. The molecule has 0 aliphatic rings. The van der Waals surface area contributed by atoms with Gasteiger partial charge in [-0.1, -0.05) is 6.07 Å². The smallest absolute Gasteiger partial charge is 0.251 e. The van der Waals surface area contributed by atoms with Crippen LogP contribution in [0.2, 0.25) is 0 Å². The van der Waals surface area contributed by atoms with Gasteiger partial charge < -0.3 is 20.3 Å². The molecule has 0 unspecified atom stereocenters. The fourth-order valence-electron chi connectivity index (χ4n) is 2.17. The van der Waals surface area contributed by atoms with Crippen LogP contribution in [-0.2, 0) is 6.42 Å². The second-order valence-corrected chi connectivity index (χ2v) is 5.01. The van der Waals surface area contributed by atoms with E-state index in [0.717, 1.165) is 11.1 Å². The second-order valence-electron chi connectivity index (χ2n) is 5.01. The molecule has 0 radical (unpaired) electrons. The Morgan fingerprint density at radius 3 is 2.64 bits per heavy atom. The van der Waals surface area contributed by atoms with E-state index >= 15 is 0 Å². The average Bonchev–Trinajstić information content (AvgIpc) is 2.52. The van der Waals surface area contributed by atoms with Crippen LogP contribution in [-0.4, -0.2) is 29.8 Å². The van der Waals surface area contributed by atoms with Crippen molar-refractivity contribution in [2.24, 2.45) is 0 Å². The highest BCUT2D eigenvalue weighted by Crippen LogP contribution is 2.28. The average molecular weight is 301 g/mol. The second kappa shape index (κ2) is 6.85. The maximum absolute atomic E-state index is 12.1. The van der Waals surface area contributed by atoms with E-state index in [-0.39, 0.29) is 17.4 Å². The third-order valence-corrected chi connectivity index (χ3v) is 3.44. The van der Waals surface area contributed by atoms with Crippen molar-refractivity contribution >= 4 is 5.91 Å². The van der Waals surface area contributed by atoms with Gasteiger partial charge in [-0.05, 0) is 54.8 Å². The van der Waals surface area contributed by atoms with Gasteiger partial charge in [0.25, 0.3) is 5.91 Å². The van der Waals surface area contributed by atoms with Crippen LogP contribution >= 0.6 is 0 Å². The Bertz CT molecular complexity index is 682. The van der Waals surface area contributed by atoms with Crippen LogP contribution in [0.3, 0.4) is 0 Å². The number of carbonyl (C=O) groups excluding carboxylic acids is 1. The Labute approximate surface area is 129 Å². The molecule has 5 heteroatoms. The number of hydrogen-bond donors (Lipinski definition) is 3. The minimum Gasteiger partial charge on any atom is -0.504 e. The van der Waals surface area contributed by atoms with E-state index < -0.39 is 0 Å². The summed E-state index contributed by atoms with van der Waals surface area (Å²) in [5.41, 5.74) is 2.27. The highest BCUT2D eigenvalue weighted by atomic mass is 16.5. The van der Waals surface area contributed by atoms with Crippen LogP contribution in [0.1, 0.15) is 21.5 Å². The molecule has 0 aromatic heterocycles. The fourth-order valence-corrected chi connectivity index (χ4v) is 2.17. The number of phenols is 2. The number of hydrogen-bond acceptors (Lipinski definition) is 4. The first-order valence-electron chi connectivity index (χ1n) is 6.95. The van der Waals surface area contributed by atoms with Gasteiger partial charge in [0.05, 0.1) is 7.11 Å². The van der Waals surface area contributed by atoms with Crippen LogP contribution < -0.4 is 10.1 Å². The van der Waals surface area contributed by atoms with Crippen LogP contribution in [0.15, 0.2) is 36.4 Å². The van der Waals surface area contributed by atoms with E-state index in [1.807, 2.05) is 6.92 Å². The van der Waals surface area contributed by atoms with Crippen molar-refractivity contribution in [1.82, 2.24) is 5.32 Å². The molecule has 116 valence electrons. The number of aromatic hydroxyl groups is 2. The van der Waals surface area contributed by atoms with Gasteiger partial charge in [0.1, 0.15) is 5.75 Å². The van der Waals surface area contributed by atoms with Gasteiger partial charge in [0, 0.05) is 12.1 Å². The van der Waals surface area contributed by atoms with E-state index in [4.69, 9.17) is 4.74 Å². The highest BCUT2D eigenvalue weighted by molar-refractivity contribution is 5.94. The van der Waals surface area contributed by atoms with Crippen molar-refractivity contribution in [1.29, 1.82) is 0 Å². The first-order chi connectivity index (χ1) is 10.5. The van der Waals surface area contributed by atoms with Gasteiger partial charge >= 0.3 is 0 Å². The van der Waals surface area contributed by atoms with Gasteiger partial charge in [0.15, 0.2) is 11.5 Å². The molecule has 22 heavy (non-hydrogen) atoms. The molecule has 2 aromatic carbocycles. The van der Waals surface area contributed by atoms with Crippen molar-refractivity contribution in [3.63, 3.8) is 0 Å². The molecule has 0 bridgehead atoms. The lowest BCUT2D eigenvalue weighted by Crippen LogP contribution is -2.25. The SMILES string of the molecule is COc1cccc(C(=O)NCCc2cc(O)c(O)cc2C)c1. The first kappa shape index (κ1) is 15.7. The maximum atomic E-state index is 12.1. The number of benzene rings is 2. The molecule has 0 saturated heterocycles. The Balaban J connectivity index is 1.96. The topological polar surface area (TPSA) is 78.8 Å². The van der Waals surface area contributed by atoms with Crippen LogP contribution in [0.25, 0.3) is 0 Å². The molecule has 0 saturated carbocycles. The normalized spacial score (nSPS) is 10.3. The highest BCUT2D eigenvalue weighted by Gasteiger charge is 2.08. The molecule has 0 atom stereocenters. The minimum atomic E-state index is -0.181. The molecular weight excluding hydrogens is 282 g/mol. The number of phenolic OH excluding ortho intramolecular Hbond substituents is 2. The zero-order valence-electron chi connectivity index (χ0n) is 12.6. The molecule has 2 aromatic rings. The van der Waals surface area contributed by atoms with Crippen molar-refractivity contribution in [2.45, 2.75) is 13.3 Å². The third kappa shape index (κ3) is 3.69. The number of rotatable bonds is 5. The van der Waals surface area contributed by atoms with Gasteiger partial charge in [-0.25, -0.2) is 0 Å². The summed E-state index contributed by atoms with van der Waals surface area (Å²) < 4.78 is 5.09. The van der Waals surface area contributed by atoms with Gasteiger partial charge in [-0.15, -0.1) is 0 Å². The molecule has 0 aliphatic heterocycles. The molecule has 0 heterocycles. The number of methoxy groups -OCH3 is 1. The Morgan fingerprint density at radius 2 is 1.91 bits per heavy atom. The quantitative estimate of drug-likeness (QED) is 0.741. The van der Waals surface area contributed by atoms with E-state index in [1.165, 1.54) is 12.1 Å². The monoisotopic (exact) mass is 301 g/mol. The summed E-state index contributed by atoms with van der Waals surface area (Å²) in [5.74, 6) is 0.160. The molecule has 0 fully saturated rings. The summed E-state index contributed by atoms with van der Waals surface area (Å²) in [6, 6.07) is 9.95. The van der Waals surface area contributed by atoms with E-state index in [9.17, 15) is 15.0 Å². The number of carbonyl (C=O) groups is 1. The van der Waals surface area contributed by atoms with E-state index in [2.05, 4.69) is 5.32 Å². The van der Waals surface area contributed by atoms with Crippen LogP contribution in [0, 0.1) is 6.92 Å². The van der Waals surface area contributed by atoms with Crippen molar-refractivity contribution < 1.29 is 19.7 Å². The van der Waals surface area contributed by atoms with E-state index in [1.54, 1.807) is 31.4 Å².